The molecule has 0 amide bonds. The fourth-order valence-corrected chi connectivity index (χ4v) is 2.84. The molecule has 0 saturated carbocycles. The van der Waals surface area contributed by atoms with Crippen molar-refractivity contribution in [2.75, 3.05) is 18.0 Å². The molecule has 0 radical (unpaired) electrons. The number of halogens is 1. The van der Waals surface area contributed by atoms with Crippen LogP contribution in [-0.4, -0.2) is 13.1 Å². The third kappa shape index (κ3) is 3.42. The molecule has 0 aliphatic carbocycles. The van der Waals surface area contributed by atoms with E-state index >= 15 is 0 Å². The van der Waals surface area contributed by atoms with E-state index in [9.17, 15) is 4.39 Å². The highest BCUT2D eigenvalue weighted by Gasteiger charge is 2.20. The number of nitrogens with zero attached hydrogens (tertiary/aromatic N) is 1. The molecule has 112 valence electrons. The molecule has 2 rings (SSSR count). The van der Waals surface area contributed by atoms with Gasteiger partial charge in [-0.25, -0.2) is 4.39 Å². The van der Waals surface area contributed by atoms with Crippen LogP contribution in [0.1, 0.15) is 31.0 Å². The van der Waals surface area contributed by atoms with Gasteiger partial charge in [-0.3, -0.25) is 0 Å². The van der Waals surface area contributed by atoms with E-state index in [-0.39, 0.29) is 11.9 Å². The normalized spacial score (nSPS) is 12.2. The van der Waals surface area contributed by atoms with Crippen molar-refractivity contribution >= 4 is 5.69 Å². The molecule has 1 atom stereocenters. The van der Waals surface area contributed by atoms with E-state index < -0.39 is 0 Å². The monoisotopic (exact) mass is 286 g/mol. The lowest BCUT2D eigenvalue weighted by molar-refractivity contribution is 0.614. The highest BCUT2D eigenvalue weighted by molar-refractivity contribution is 5.50. The molecule has 0 spiro atoms. The van der Waals surface area contributed by atoms with Crippen molar-refractivity contribution < 1.29 is 4.39 Å². The number of hydrogen-bond donors (Lipinski definition) is 1. The lowest BCUT2D eigenvalue weighted by Crippen LogP contribution is -2.34. The molecule has 0 aliphatic heterocycles. The third-order valence-corrected chi connectivity index (χ3v) is 3.88. The fraction of sp³-hybridized carbons (Fsp3) is 0.333. The molecular formula is C18H23FN2. The first-order valence-electron chi connectivity index (χ1n) is 7.51. The van der Waals surface area contributed by atoms with Crippen LogP contribution in [0.3, 0.4) is 0 Å². The van der Waals surface area contributed by atoms with Crippen molar-refractivity contribution in [3.05, 3.63) is 65.5 Å². The zero-order valence-corrected chi connectivity index (χ0v) is 12.7. The molecular weight excluding hydrogens is 263 g/mol. The van der Waals surface area contributed by atoms with E-state index in [1.807, 2.05) is 18.2 Å². The predicted octanol–water partition coefficient (Wildman–Crippen LogP) is 3.91. The molecule has 2 aromatic carbocycles. The first kappa shape index (κ1) is 15.5. The summed E-state index contributed by atoms with van der Waals surface area (Å²) in [5.74, 6) is -0.217. The molecule has 2 N–H and O–H groups in total. The number of aryl methyl sites for hydroxylation is 1. The summed E-state index contributed by atoms with van der Waals surface area (Å²) >= 11 is 0. The fourth-order valence-electron chi connectivity index (χ4n) is 2.84. The summed E-state index contributed by atoms with van der Waals surface area (Å²) in [4.78, 5) is 2.16. The average Bonchev–Trinajstić information content (AvgIpc) is 2.52. The van der Waals surface area contributed by atoms with Gasteiger partial charge in [-0.05, 0) is 42.7 Å². The second kappa shape index (κ2) is 7.23. The molecule has 2 nitrogen and oxygen atoms in total. The highest BCUT2D eigenvalue weighted by Crippen LogP contribution is 2.29. The summed E-state index contributed by atoms with van der Waals surface area (Å²) in [5, 5.41) is 0. The molecule has 2 aromatic rings. The molecule has 0 aliphatic rings. The van der Waals surface area contributed by atoms with Crippen LogP contribution in [0, 0.1) is 5.82 Å². The minimum atomic E-state index is -0.217. The van der Waals surface area contributed by atoms with Gasteiger partial charge in [0.1, 0.15) is 5.82 Å². The van der Waals surface area contributed by atoms with Gasteiger partial charge in [-0.15, -0.1) is 0 Å². The van der Waals surface area contributed by atoms with Crippen LogP contribution >= 0.6 is 0 Å². The molecule has 0 aromatic heterocycles. The Kier molecular flexibility index (Phi) is 5.34. The van der Waals surface area contributed by atoms with Crippen molar-refractivity contribution in [3.63, 3.8) is 0 Å². The molecule has 0 heterocycles. The predicted molar refractivity (Wildman–Crippen MR) is 87.0 cm³/mol. The maximum atomic E-state index is 13.5. The molecule has 0 bridgehead atoms. The van der Waals surface area contributed by atoms with Gasteiger partial charge in [0, 0.05) is 18.8 Å². The summed E-state index contributed by atoms with van der Waals surface area (Å²) in [5.41, 5.74) is 9.44. The van der Waals surface area contributed by atoms with Gasteiger partial charge < -0.3 is 10.6 Å². The van der Waals surface area contributed by atoms with Crippen LogP contribution in [0.2, 0.25) is 0 Å². The van der Waals surface area contributed by atoms with E-state index in [4.69, 9.17) is 5.73 Å². The van der Waals surface area contributed by atoms with Gasteiger partial charge in [0.2, 0.25) is 0 Å². The topological polar surface area (TPSA) is 29.3 Å². The van der Waals surface area contributed by atoms with Crippen LogP contribution in [0.5, 0.6) is 0 Å². The third-order valence-electron chi connectivity index (χ3n) is 3.88. The number of nitrogens with two attached hydrogens (primary N) is 1. The zero-order valence-electron chi connectivity index (χ0n) is 12.7. The SMILES string of the molecule is CCc1ccccc1C(CN)N(CC)c1cccc(F)c1. The Bertz CT molecular complexity index is 583. The zero-order chi connectivity index (χ0) is 15.2. The van der Waals surface area contributed by atoms with Gasteiger partial charge in [0.15, 0.2) is 0 Å². The number of rotatable bonds is 6. The summed E-state index contributed by atoms with van der Waals surface area (Å²) in [6.07, 6.45) is 0.966. The number of benzene rings is 2. The van der Waals surface area contributed by atoms with E-state index in [1.54, 1.807) is 12.1 Å². The maximum absolute atomic E-state index is 13.5. The standard InChI is InChI=1S/C18H23FN2/c1-3-14-8-5-6-11-17(14)18(13-20)21(4-2)16-10-7-9-15(19)12-16/h5-12,18H,3-4,13,20H2,1-2H3. The van der Waals surface area contributed by atoms with Crippen LogP contribution < -0.4 is 10.6 Å². The molecule has 0 fully saturated rings. The van der Waals surface area contributed by atoms with E-state index in [0.717, 1.165) is 18.7 Å². The van der Waals surface area contributed by atoms with Crippen molar-refractivity contribution in [1.29, 1.82) is 0 Å². The van der Waals surface area contributed by atoms with Crippen molar-refractivity contribution in [2.45, 2.75) is 26.3 Å². The minimum Gasteiger partial charge on any atom is -0.363 e. The quantitative estimate of drug-likeness (QED) is 0.872. The van der Waals surface area contributed by atoms with Crippen molar-refractivity contribution in [1.82, 2.24) is 0 Å². The Morgan fingerprint density at radius 1 is 1.10 bits per heavy atom. The van der Waals surface area contributed by atoms with Gasteiger partial charge in [-0.1, -0.05) is 37.3 Å². The molecule has 1 unspecified atom stereocenters. The second-order valence-corrected chi connectivity index (χ2v) is 5.07. The van der Waals surface area contributed by atoms with Gasteiger partial charge >= 0.3 is 0 Å². The van der Waals surface area contributed by atoms with Crippen LogP contribution in [0.25, 0.3) is 0 Å². The van der Waals surface area contributed by atoms with Gasteiger partial charge in [0.25, 0.3) is 0 Å². The molecule has 21 heavy (non-hydrogen) atoms. The number of anilines is 1. The first-order chi connectivity index (χ1) is 10.2. The summed E-state index contributed by atoms with van der Waals surface area (Å²) < 4.78 is 13.5. The average molecular weight is 286 g/mol. The van der Waals surface area contributed by atoms with Crippen LogP contribution in [0.15, 0.2) is 48.5 Å². The van der Waals surface area contributed by atoms with E-state index in [1.165, 1.54) is 17.2 Å². The lowest BCUT2D eigenvalue weighted by atomic mass is 9.97. The van der Waals surface area contributed by atoms with Gasteiger partial charge in [0.05, 0.1) is 6.04 Å². The Hall–Kier alpha value is -1.87. The smallest absolute Gasteiger partial charge is 0.125 e. The van der Waals surface area contributed by atoms with Crippen LogP contribution in [-0.2, 0) is 6.42 Å². The van der Waals surface area contributed by atoms with Crippen molar-refractivity contribution in [2.24, 2.45) is 5.73 Å². The maximum Gasteiger partial charge on any atom is 0.125 e. The molecule has 3 heteroatoms. The number of hydrogen-bond acceptors (Lipinski definition) is 2. The summed E-state index contributed by atoms with van der Waals surface area (Å²) in [6.45, 7) is 5.50. The first-order valence-corrected chi connectivity index (χ1v) is 7.51. The van der Waals surface area contributed by atoms with E-state index in [0.29, 0.717) is 6.54 Å². The van der Waals surface area contributed by atoms with Gasteiger partial charge in [-0.2, -0.15) is 0 Å². The largest absolute Gasteiger partial charge is 0.363 e. The van der Waals surface area contributed by atoms with Crippen molar-refractivity contribution in [3.8, 4) is 0 Å². The van der Waals surface area contributed by atoms with Crippen LogP contribution in [0.4, 0.5) is 10.1 Å². The Morgan fingerprint density at radius 3 is 2.48 bits per heavy atom. The summed E-state index contributed by atoms with van der Waals surface area (Å²) in [7, 11) is 0. The second-order valence-electron chi connectivity index (χ2n) is 5.07. The summed E-state index contributed by atoms with van der Waals surface area (Å²) in [6, 6.07) is 15.1. The Labute approximate surface area is 126 Å². The molecule has 0 saturated heterocycles. The highest BCUT2D eigenvalue weighted by atomic mass is 19.1. The number of likely N-dealkylation sites (N-methyl/N-ethyl adjacent to an activating group) is 1. The Balaban J connectivity index is 2.42. The minimum absolute atomic E-state index is 0.0629. The Morgan fingerprint density at radius 2 is 1.86 bits per heavy atom. The van der Waals surface area contributed by atoms with E-state index in [2.05, 4.69) is 30.9 Å². The lowest BCUT2D eigenvalue weighted by Gasteiger charge is -2.33.